The monoisotopic (exact) mass is 280 g/mol. The van der Waals surface area contributed by atoms with Gasteiger partial charge in [0.1, 0.15) is 6.04 Å². The second-order valence-electron chi connectivity index (χ2n) is 5.70. The molecule has 0 aromatic heterocycles. The van der Waals surface area contributed by atoms with Crippen molar-refractivity contribution in [3.8, 4) is 0 Å². The van der Waals surface area contributed by atoms with E-state index >= 15 is 0 Å². The zero-order valence-electron chi connectivity index (χ0n) is 12.0. The Balaban J connectivity index is 2.00. The van der Waals surface area contributed by atoms with Crippen LogP contribution in [0.4, 0.5) is 4.79 Å². The van der Waals surface area contributed by atoms with Crippen molar-refractivity contribution in [1.82, 2.24) is 10.2 Å². The number of carbonyl (C=O) groups excluding carboxylic acids is 1. The molecule has 0 bridgehead atoms. The molecule has 2 fully saturated rings. The Kier molecular flexibility index (Phi) is 5.04. The number of rotatable bonds is 4. The first kappa shape index (κ1) is 14.9. The summed E-state index contributed by atoms with van der Waals surface area (Å²) in [5.74, 6) is -0.505. The normalized spacial score (nSPS) is 29.4. The molecule has 1 aliphatic heterocycles. The lowest BCUT2D eigenvalue weighted by atomic mass is 9.85. The molecule has 0 aromatic rings. The molecule has 5 nitrogen and oxygen atoms in total. The number of carbonyl (C=O) groups is 2. The summed E-state index contributed by atoms with van der Waals surface area (Å²) < 4.78 is 0. The summed E-state index contributed by atoms with van der Waals surface area (Å²) in [4.78, 5) is 25.3. The lowest BCUT2D eigenvalue weighted by molar-refractivity contribution is -0.141. The molecule has 3 atom stereocenters. The number of nitrogens with one attached hydrogen (secondary N) is 1. The van der Waals surface area contributed by atoms with Gasteiger partial charge in [-0.05, 0) is 38.5 Å². The van der Waals surface area contributed by atoms with Crippen LogP contribution < -0.4 is 5.32 Å². The first-order valence-corrected chi connectivity index (χ1v) is 7.55. The van der Waals surface area contributed by atoms with Crippen LogP contribution in [0.15, 0.2) is 12.2 Å². The number of carboxylic acids is 1. The fourth-order valence-electron chi connectivity index (χ4n) is 3.49. The largest absolute Gasteiger partial charge is 0.480 e. The average Bonchev–Trinajstić information content (AvgIpc) is 2.83. The summed E-state index contributed by atoms with van der Waals surface area (Å²) in [7, 11) is 0. The van der Waals surface area contributed by atoms with Gasteiger partial charge in [0.25, 0.3) is 0 Å². The van der Waals surface area contributed by atoms with Crippen LogP contribution in [-0.2, 0) is 4.79 Å². The van der Waals surface area contributed by atoms with Crippen LogP contribution in [0, 0.1) is 5.92 Å². The van der Waals surface area contributed by atoms with E-state index in [0.717, 1.165) is 32.1 Å². The number of likely N-dealkylation sites (tertiary alicyclic amines) is 1. The predicted molar refractivity (Wildman–Crippen MR) is 76.5 cm³/mol. The third kappa shape index (κ3) is 3.14. The second kappa shape index (κ2) is 6.77. The number of carboxylic acid groups (broad SMARTS) is 1. The van der Waals surface area contributed by atoms with Gasteiger partial charge in [-0.1, -0.05) is 25.0 Å². The molecular formula is C15H24N2O3. The molecule has 2 rings (SSSR count). The van der Waals surface area contributed by atoms with Crippen molar-refractivity contribution in [3.05, 3.63) is 12.2 Å². The van der Waals surface area contributed by atoms with Gasteiger partial charge in [0.2, 0.25) is 0 Å². The van der Waals surface area contributed by atoms with E-state index in [1.165, 1.54) is 0 Å². The SMILES string of the molecule is C/C=C/CCNC(=O)N1C(C(=O)O)CC2CCCCC21. The Bertz CT molecular complexity index is 395. The molecule has 2 amide bonds. The first-order chi connectivity index (χ1) is 9.65. The van der Waals surface area contributed by atoms with Crippen LogP contribution >= 0.6 is 0 Å². The Hall–Kier alpha value is -1.52. The molecule has 5 heteroatoms. The maximum atomic E-state index is 12.3. The topological polar surface area (TPSA) is 69.6 Å². The van der Waals surface area contributed by atoms with Crippen molar-refractivity contribution >= 4 is 12.0 Å². The zero-order valence-corrected chi connectivity index (χ0v) is 12.0. The van der Waals surface area contributed by atoms with Crippen molar-refractivity contribution in [3.63, 3.8) is 0 Å². The maximum Gasteiger partial charge on any atom is 0.326 e. The lowest BCUT2D eigenvalue weighted by Gasteiger charge is -2.32. The molecule has 112 valence electrons. The van der Waals surface area contributed by atoms with Gasteiger partial charge in [-0.15, -0.1) is 0 Å². The molecule has 0 aromatic carbocycles. The van der Waals surface area contributed by atoms with Crippen molar-refractivity contribution < 1.29 is 14.7 Å². The molecule has 1 aliphatic carbocycles. The summed E-state index contributed by atoms with van der Waals surface area (Å²) in [5.41, 5.74) is 0. The Morgan fingerprint density at radius 2 is 2.10 bits per heavy atom. The molecule has 2 N–H and O–H groups in total. The van der Waals surface area contributed by atoms with Crippen molar-refractivity contribution in [2.75, 3.05) is 6.54 Å². The smallest absolute Gasteiger partial charge is 0.326 e. The Labute approximate surface area is 120 Å². The van der Waals surface area contributed by atoms with Gasteiger partial charge < -0.3 is 15.3 Å². The molecule has 2 aliphatic rings. The van der Waals surface area contributed by atoms with Gasteiger partial charge in [-0.25, -0.2) is 9.59 Å². The molecule has 0 radical (unpaired) electrons. The highest BCUT2D eigenvalue weighted by Crippen LogP contribution is 2.39. The highest BCUT2D eigenvalue weighted by atomic mass is 16.4. The quantitative estimate of drug-likeness (QED) is 0.613. The zero-order chi connectivity index (χ0) is 14.5. The fraction of sp³-hybridized carbons (Fsp3) is 0.733. The number of urea groups is 1. The van der Waals surface area contributed by atoms with Crippen LogP contribution in [0.3, 0.4) is 0 Å². The van der Waals surface area contributed by atoms with Gasteiger partial charge in [-0.3, -0.25) is 0 Å². The molecule has 20 heavy (non-hydrogen) atoms. The van der Waals surface area contributed by atoms with E-state index in [9.17, 15) is 14.7 Å². The van der Waals surface area contributed by atoms with Crippen LogP contribution in [0.1, 0.15) is 45.4 Å². The number of hydrogen-bond acceptors (Lipinski definition) is 2. The summed E-state index contributed by atoms with van der Waals surface area (Å²) in [6, 6.07) is -0.743. The predicted octanol–water partition coefficient (Wildman–Crippen LogP) is 2.38. The third-order valence-electron chi connectivity index (χ3n) is 4.43. The third-order valence-corrected chi connectivity index (χ3v) is 4.43. The van der Waals surface area contributed by atoms with Gasteiger partial charge >= 0.3 is 12.0 Å². The van der Waals surface area contributed by atoms with E-state index in [0.29, 0.717) is 18.9 Å². The molecule has 1 heterocycles. The van der Waals surface area contributed by atoms with Gasteiger partial charge in [0.05, 0.1) is 0 Å². The Morgan fingerprint density at radius 3 is 2.80 bits per heavy atom. The van der Waals surface area contributed by atoms with E-state index < -0.39 is 12.0 Å². The van der Waals surface area contributed by atoms with E-state index in [1.807, 2.05) is 19.1 Å². The number of amides is 2. The fourth-order valence-corrected chi connectivity index (χ4v) is 3.49. The van der Waals surface area contributed by atoms with Gasteiger partial charge in [0.15, 0.2) is 0 Å². The highest BCUT2D eigenvalue weighted by Gasteiger charge is 2.47. The van der Waals surface area contributed by atoms with Crippen LogP contribution in [0.5, 0.6) is 0 Å². The van der Waals surface area contributed by atoms with Gasteiger partial charge in [-0.2, -0.15) is 0 Å². The van der Waals surface area contributed by atoms with Crippen molar-refractivity contribution in [2.24, 2.45) is 5.92 Å². The summed E-state index contributed by atoms with van der Waals surface area (Å²) >= 11 is 0. The molecule has 3 unspecified atom stereocenters. The molecule has 1 saturated heterocycles. The number of hydrogen-bond donors (Lipinski definition) is 2. The van der Waals surface area contributed by atoms with Crippen LogP contribution in [0.2, 0.25) is 0 Å². The molecule has 1 saturated carbocycles. The standard InChI is InChI=1S/C15H24N2O3/c1-2-3-6-9-16-15(20)17-12-8-5-4-7-11(12)10-13(17)14(18)19/h2-3,11-13H,4-10H2,1H3,(H,16,20)(H,18,19)/b3-2+. The minimum atomic E-state index is -0.872. The van der Waals surface area contributed by atoms with Crippen molar-refractivity contribution in [2.45, 2.75) is 57.5 Å². The second-order valence-corrected chi connectivity index (χ2v) is 5.70. The number of fused-ring (bicyclic) bond motifs is 1. The van der Waals surface area contributed by atoms with Crippen molar-refractivity contribution in [1.29, 1.82) is 0 Å². The highest BCUT2D eigenvalue weighted by molar-refractivity contribution is 5.83. The Morgan fingerprint density at radius 1 is 1.35 bits per heavy atom. The van der Waals surface area contributed by atoms with E-state index in [-0.39, 0.29) is 12.1 Å². The van der Waals surface area contributed by atoms with Crippen LogP contribution in [0.25, 0.3) is 0 Å². The summed E-state index contributed by atoms with van der Waals surface area (Å²) in [5, 5.41) is 12.2. The molecular weight excluding hydrogens is 256 g/mol. The van der Waals surface area contributed by atoms with E-state index in [2.05, 4.69) is 5.32 Å². The molecule has 0 spiro atoms. The number of allylic oxidation sites excluding steroid dienone is 1. The van der Waals surface area contributed by atoms with Gasteiger partial charge in [0, 0.05) is 12.6 Å². The number of nitrogens with zero attached hydrogens (tertiary/aromatic N) is 1. The minimum Gasteiger partial charge on any atom is -0.480 e. The minimum absolute atomic E-state index is 0.117. The first-order valence-electron chi connectivity index (χ1n) is 7.55. The van der Waals surface area contributed by atoms with Crippen LogP contribution in [-0.4, -0.2) is 40.6 Å². The summed E-state index contributed by atoms with van der Waals surface area (Å²) in [6.07, 6.45) is 9.57. The lowest BCUT2D eigenvalue weighted by Crippen LogP contribution is -2.50. The maximum absolute atomic E-state index is 12.3. The summed E-state index contributed by atoms with van der Waals surface area (Å²) in [6.45, 7) is 2.50. The average molecular weight is 280 g/mol. The van der Waals surface area contributed by atoms with E-state index in [4.69, 9.17) is 0 Å². The van der Waals surface area contributed by atoms with E-state index in [1.54, 1.807) is 4.90 Å². The number of aliphatic carboxylic acids is 1.